The lowest BCUT2D eigenvalue weighted by Gasteiger charge is -2.10. The molecule has 118 valence electrons. The molecule has 0 unspecified atom stereocenters. The highest BCUT2D eigenvalue weighted by atomic mass is 16.5. The zero-order valence-electron chi connectivity index (χ0n) is 13.1. The Balaban J connectivity index is 2.01. The van der Waals surface area contributed by atoms with Gasteiger partial charge in [-0.2, -0.15) is 5.26 Å². The van der Waals surface area contributed by atoms with Gasteiger partial charge in [-0.15, -0.1) is 0 Å². The van der Waals surface area contributed by atoms with Gasteiger partial charge in [-0.05, 0) is 49.7 Å². The second-order valence-electron chi connectivity index (χ2n) is 5.40. The first kappa shape index (κ1) is 15.5. The van der Waals surface area contributed by atoms with Crippen LogP contribution in [0.15, 0.2) is 51.7 Å². The molecule has 1 heterocycles. The molecule has 0 fully saturated rings. The summed E-state index contributed by atoms with van der Waals surface area (Å²) in [4.78, 5) is 23.9. The van der Waals surface area contributed by atoms with Crippen molar-refractivity contribution < 1.29 is 13.9 Å². The smallest absolute Gasteiger partial charge is 0.343 e. The van der Waals surface area contributed by atoms with Crippen LogP contribution in [0, 0.1) is 25.2 Å². The predicted molar refractivity (Wildman–Crippen MR) is 88.1 cm³/mol. The lowest BCUT2D eigenvalue weighted by Crippen LogP contribution is -2.10. The van der Waals surface area contributed by atoms with Gasteiger partial charge in [0.1, 0.15) is 11.3 Å². The summed E-state index contributed by atoms with van der Waals surface area (Å²) in [6.45, 7) is 3.54. The minimum atomic E-state index is -0.579. The third kappa shape index (κ3) is 2.77. The molecule has 5 heteroatoms. The van der Waals surface area contributed by atoms with E-state index in [4.69, 9.17) is 14.4 Å². The normalized spacial score (nSPS) is 10.4. The van der Waals surface area contributed by atoms with Crippen LogP contribution in [0.2, 0.25) is 0 Å². The third-order valence-electron chi connectivity index (χ3n) is 3.75. The summed E-state index contributed by atoms with van der Waals surface area (Å²) in [5.74, 6) is -0.270. The number of rotatable bonds is 2. The maximum atomic E-state index is 12.3. The lowest BCUT2D eigenvalue weighted by molar-refractivity contribution is 0.0733. The highest BCUT2D eigenvalue weighted by molar-refractivity contribution is 5.93. The molecule has 0 radical (unpaired) electrons. The number of hydrogen-bond donors (Lipinski definition) is 0. The molecule has 3 aromatic rings. The van der Waals surface area contributed by atoms with Gasteiger partial charge in [0.25, 0.3) is 0 Å². The molecule has 0 bridgehead atoms. The van der Waals surface area contributed by atoms with E-state index in [-0.39, 0.29) is 5.56 Å². The van der Waals surface area contributed by atoms with Crippen LogP contribution >= 0.6 is 0 Å². The fourth-order valence-electron chi connectivity index (χ4n) is 2.49. The number of fused-ring (bicyclic) bond motifs is 1. The van der Waals surface area contributed by atoms with E-state index in [1.54, 1.807) is 37.3 Å². The number of aryl methyl sites for hydroxylation is 2. The van der Waals surface area contributed by atoms with E-state index in [0.717, 1.165) is 10.9 Å². The first-order valence-corrected chi connectivity index (χ1v) is 7.26. The number of nitrogens with zero attached hydrogens (tertiary/aromatic N) is 1. The monoisotopic (exact) mass is 319 g/mol. The summed E-state index contributed by atoms with van der Waals surface area (Å²) in [5.41, 5.74) is 1.96. The fraction of sp³-hybridized carbons (Fsp3) is 0.105. The lowest BCUT2D eigenvalue weighted by atomic mass is 10.1. The molecule has 2 aromatic carbocycles. The topological polar surface area (TPSA) is 80.3 Å². The van der Waals surface area contributed by atoms with Crippen molar-refractivity contribution in [2.75, 3.05) is 0 Å². The van der Waals surface area contributed by atoms with Gasteiger partial charge in [-0.25, -0.2) is 9.59 Å². The van der Waals surface area contributed by atoms with Crippen molar-refractivity contribution in [2.24, 2.45) is 0 Å². The van der Waals surface area contributed by atoms with Crippen molar-refractivity contribution >= 4 is 16.9 Å². The largest absolute Gasteiger partial charge is 0.423 e. The Morgan fingerprint density at radius 2 is 1.96 bits per heavy atom. The second kappa shape index (κ2) is 6.01. The van der Waals surface area contributed by atoms with Crippen LogP contribution in [0.5, 0.6) is 5.75 Å². The summed E-state index contributed by atoms with van der Waals surface area (Å²) in [6, 6.07) is 13.1. The van der Waals surface area contributed by atoms with E-state index in [0.29, 0.717) is 22.5 Å². The zero-order valence-corrected chi connectivity index (χ0v) is 13.1. The van der Waals surface area contributed by atoms with E-state index < -0.39 is 11.6 Å². The average Bonchev–Trinajstić information content (AvgIpc) is 2.57. The Bertz CT molecular complexity index is 1060. The van der Waals surface area contributed by atoms with Crippen LogP contribution < -0.4 is 10.4 Å². The van der Waals surface area contributed by atoms with Crippen molar-refractivity contribution in [3.05, 3.63) is 75.1 Å². The van der Waals surface area contributed by atoms with Gasteiger partial charge in [-0.1, -0.05) is 6.07 Å². The quantitative estimate of drug-likeness (QED) is 0.410. The van der Waals surface area contributed by atoms with Crippen molar-refractivity contribution in [1.82, 2.24) is 0 Å². The van der Waals surface area contributed by atoms with Crippen LogP contribution in [-0.4, -0.2) is 5.97 Å². The molecule has 0 aliphatic rings. The Kier molecular flexibility index (Phi) is 3.88. The van der Waals surface area contributed by atoms with Crippen molar-refractivity contribution in [3.8, 4) is 11.8 Å². The average molecular weight is 319 g/mol. The van der Waals surface area contributed by atoms with Gasteiger partial charge in [0.15, 0.2) is 0 Å². The minimum Gasteiger partial charge on any atom is -0.423 e. The Hall–Kier alpha value is -3.39. The van der Waals surface area contributed by atoms with E-state index in [9.17, 15) is 9.59 Å². The van der Waals surface area contributed by atoms with Crippen LogP contribution in [0.3, 0.4) is 0 Å². The van der Waals surface area contributed by atoms with Gasteiger partial charge < -0.3 is 9.15 Å². The molecule has 0 N–H and O–H groups in total. The highest BCUT2D eigenvalue weighted by Gasteiger charge is 2.14. The summed E-state index contributed by atoms with van der Waals surface area (Å²) < 4.78 is 10.7. The standard InChI is InChI=1S/C19H13NO4/c1-11-8-17(21)24-18-12(2)16(7-6-15(11)18)23-19(22)14-5-3-4-13(9-14)10-20/h3-9H,1-2H3. The van der Waals surface area contributed by atoms with Gasteiger partial charge in [0.2, 0.25) is 0 Å². The Labute approximate surface area is 137 Å². The van der Waals surface area contributed by atoms with Crippen LogP contribution in [0.25, 0.3) is 11.0 Å². The Morgan fingerprint density at radius 3 is 2.71 bits per heavy atom. The third-order valence-corrected chi connectivity index (χ3v) is 3.75. The van der Waals surface area contributed by atoms with E-state index in [1.165, 1.54) is 12.1 Å². The number of ether oxygens (including phenoxy) is 1. The number of hydrogen-bond acceptors (Lipinski definition) is 5. The molecule has 3 rings (SSSR count). The molecule has 0 amide bonds. The molecule has 0 spiro atoms. The van der Waals surface area contributed by atoms with Crippen molar-refractivity contribution in [2.45, 2.75) is 13.8 Å². The Morgan fingerprint density at radius 1 is 1.17 bits per heavy atom. The van der Waals surface area contributed by atoms with Crippen LogP contribution in [0.1, 0.15) is 27.0 Å². The molecule has 24 heavy (non-hydrogen) atoms. The first-order chi connectivity index (χ1) is 11.5. The summed E-state index contributed by atoms with van der Waals surface area (Å²) in [5, 5.41) is 9.69. The van der Waals surface area contributed by atoms with Crippen molar-refractivity contribution in [1.29, 1.82) is 5.26 Å². The molecular weight excluding hydrogens is 306 g/mol. The number of carbonyl (C=O) groups excluding carboxylic acids is 1. The van der Waals surface area contributed by atoms with Crippen molar-refractivity contribution in [3.63, 3.8) is 0 Å². The first-order valence-electron chi connectivity index (χ1n) is 7.26. The summed E-state index contributed by atoms with van der Waals surface area (Å²) in [7, 11) is 0. The predicted octanol–water partition coefficient (Wildman–Crippen LogP) is 3.50. The molecule has 5 nitrogen and oxygen atoms in total. The van der Waals surface area contributed by atoms with E-state index in [1.807, 2.05) is 13.0 Å². The maximum Gasteiger partial charge on any atom is 0.343 e. The minimum absolute atomic E-state index is 0.277. The number of esters is 1. The SMILES string of the molecule is Cc1cc(=O)oc2c(C)c(OC(=O)c3cccc(C#N)c3)ccc12. The summed E-state index contributed by atoms with van der Waals surface area (Å²) in [6.07, 6.45) is 0. The zero-order chi connectivity index (χ0) is 17.3. The molecule has 0 atom stereocenters. The molecule has 0 aliphatic heterocycles. The van der Waals surface area contributed by atoms with Crippen LogP contribution in [0.4, 0.5) is 0 Å². The number of carbonyl (C=O) groups is 1. The number of nitriles is 1. The van der Waals surface area contributed by atoms with E-state index >= 15 is 0 Å². The van der Waals surface area contributed by atoms with E-state index in [2.05, 4.69) is 0 Å². The van der Waals surface area contributed by atoms with Gasteiger partial charge in [-0.3, -0.25) is 0 Å². The van der Waals surface area contributed by atoms with Gasteiger partial charge in [0, 0.05) is 17.0 Å². The summed E-state index contributed by atoms with van der Waals surface area (Å²) >= 11 is 0. The molecule has 0 aliphatic carbocycles. The molecular formula is C19H13NO4. The van der Waals surface area contributed by atoms with Gasteiger partial charge >= 0.3 is 11.6 Å². The second-order valence-corrected chi connectivity index (χ2v) is 5.40. The molecule has 1 aromatic heterocycles. The highest BCUT2D eigenvalue weighted by Crippen LogP contribution is 2.28. The fourth-order valence-corrected chi connectivity index (χ4v) is 2.49. The van der Waals surface area contributed by atoms with Gasteiger partial charge in [0.05, 0.1) is 17.2 Å². The molecule has 0 saturated carbocycles. The maximum absolute atomic E-state index is 12.3. The van der Waals surface area contributed by atoms with Crippen LogP contribution in [-0.2, 0) is 0 Å². The number of benzene rings is 2. The molecule has 0 saturated heterocycles.